The van der Waals surface area contributed by atoms with Gasteiger partial charge in [-0.2, -0.15) is 9.97 Å². The highest BCUT2D eigenvalue weighted by Gasteiger charge is 2.43. The Morgan fingerprint density at radius 3 is 1.68 bits per heavy atom. The Bertz CT molecular complexity index is 2600. The minimum atomic E-state index is -0.0357. The maximum Gasteiger partial charge on any atom is 0.280 e. The molecule has 0 radical (unpaired) electrons. The van der Waals surface area contributed by atoms with Gasteiger partial charge in [-0.05, 0) is 24.3 Å². The van der Waals surface area contributed by atoms with Crippen LogP contribution >= 0.6 is 11.3 Å². The Labute approximate surface area is 293 Å². The third-order valence-corrected chi connectivity index (χ3v) is 10.7. The summed E-state index contributed by atoms with van der Waals surface area (Å²) in [6.07, 6.45) is 0. The van der Waals surface area contributed by atoms with Crippen LogP contribution in [-0.2, 0) is 0 Å². The van der Waals surface area contributed by atoms with E-state index in [0.717, 1.165) is 39.1 Å². The van der Waals surface area contributed by atoms with Gasteiger partial charge in [0.15, 0.2) is 11.6 Å². The molecule has 5 nitrogen and oxygen atoms in total. The number of rotatable bonds is 5. The molecule has 6 aromatic carbocycles. The highest BCUT2D eigenvalue weighted by Crippen LogP contribution is 2.46. The second kappa shape index (κ2) is 11.7. The quantitative estimate of drug-likeness (QED) is 0.174. The summed E-state index contributed by atoms with van der Waals surface area (Å²) in [5, 5.41) is 2.31. The monoisotopic (exact) mass is 657 g/mol. The average Bonchev–Trinajstić information content (AvgIpc) is 3.74. The summed E-state index contributed by atoms with van der Waals surface area (Å²) in [4.78, 5) is 18.0. The second-order valence-corrected chi connectivity index (χ2v) is 13.5. The van der Waals surface area contributed by atoms with E-state index in [1.807, 2.05) is 47.7 Å². The molecule has 0 unspecified atom stereocenters. The summed E-state index contributed by atoms with van der Waals surface area (Å²) in [5.41, 5.74) is 8.75. The maximum absolute atomic E-state index is 5.32. The molecule has 9 aromatic rings. The molecule has 0 bridgehead atoms. The normalized spacial score (nSPS) is 12.3. The standard InChI is InChI=1S/C43H28BN5S/c1-5-17-29(18-6-1)41-45-42(30-19-7-2-8-20-30)47-43(46-41)49-37-33-25-13-15-27-35(33)48(32-23-11-4-12-24-32)39(37)44(31-21-9-3-10-22-31)40-38(49)34-26-14-16-28-36(34)50-40/h1-28H. The average molecular weight is 658 g/mol. The molecule has 0 spiro atoms. The molecule has 0 N–H and O–H groups in total. The molecular weight excluding hydrogens is 629 g/mol. The Hall–Kier alpha value is -6.31. The number of nitrogens with zero attached hydrogens (tertiary/aromatic N) is 5. The molecule has 0 aliphatic carbocycles. The number of para-hydroxylation sites is 2. The SMILES string of the molecule is c1ccc(B2c3sc4ccccc4c3N(c3nc(-c4ccccc4)nc(-c4ccccc4)n3)c3c2n(-c2ccccc2)c2ccccc32)cc1. The first-order chi connectivity index (χ1) is 24.8. The number of hydrogen-bond acceptors (Lipinski definition) is 5. The van der Waals surface area contributed by atoms with Crippen LogP contribution in [0.15, 0.2) is 170 Å². The zero-order chi connectivity index (χ0) is 33.0. The van der Waals surface area contributed by atoms with Crippen molar-refractivity contribution in [3.63, 3.8) is 0 Å². The highest BCUT2D eigenvalue weighted by molar-refractivity contribution is 7.33. The van der Waals surface area contributed by atoms with Crippen LogP contribution in [0.2, 0.25) is 0 Å². The lowest BCUT2D eigenvalue weighted by Crippen LogP contribution is -2.58. The molecule has 0 fully saturated rings. The van der Waals surface area contributed by atoms with E-state index >= 15 is 0 Å². The van der Waals surface area contributed by atoms with E-state index in [4.69, 9.17) is 15.0 Å². The van der Waals surface area contributed by atoms with E-state index in [9.17, 15) is 0 Å². The summed E-state index contributed by atoms with van der Waals surface area (Å²) in [7, 11) is 0. The van der Waals surface area contributed by atoms with Gasteiger partial charge in [0.1, 0.15) is 0 Å². The van der Waals surface area contributed by atoms with Crippen molar-refractivity contribution in [1.82, 2.24) is 19.5 Å². The fourth-order valence-corrected chi connectivity index (χ4v) is 8.69. The molecule has 0 saturated heterocycles. The Morgan fingerprint density at radius 2 is 1.02 bits per heavy atom. The number of hydrogen-bond donors (Lipinski definition) is 0. The smallest absolute Gasteiger partial charge is 0.280 e. The molecule has 3 aromatic heterocycles. The first-order valence-electron chi connectivity index (χ1n) is 16.8. The second-order valence-electron chi connectivity index (χ2n) is 12.4. The van der Waals surface area contributed by atoms with Crippen LogP contribution in [0, 0.1) is 0 Å². The molecule has 4 heterocycles. The minimum absolute atomic E-state index is 0.0357. The zero-order valence-electron chi connectivity index (χ0n) is 26.9. The topological polar surface area (TPSA) is 46.8 Å². The molecular formula is C43H28BN5S. The fraction of sp³-hybridized carbons (Fsp3) is 0. The summed E-state index contributed by atoms with van der Waals surface area (Å²) in [6.45, 7) is -0.0357. The third kappa shape index (κ3) is 4.51. The van der Waals surface area contributed by atoms with E-state index in [-0.39, 0.29) is 6.71 Å². The maximum atomic E-state index is 5.32. The van der Waals surface area contributed by atoms with E-state index in [2.05, 4.69) is 143 Å². The van der Waals surface area contributed by atoms with Gasteiger partial charge in [0.05, 0.1) is 16.9 Å². The number of fused-ring (bicyclic) bond motifs is 6. The van der Waals surface area contributed by atoms with Gasteiger partial charge in [0.25, 0.3) is 6.71 Å². The van der Waals surface area contributed by atoms with Crippen molar-refractivity contribution in [3.8, 4) is 28.5 Å². The van der Waals surface area contributed by atoms with Crippen molar-refractivity contribution in [2.45, 2.75) is 0 Å². The summed E-state index contributed by atoms with van der Waals surface area (Å²) in [5.74, 6) is 1.86. The molecule has 1 aliphatic heterocycles. The number of benzene rings is 6. The van der Waals surface area contributed by atoms with Gasteiger partial charge in [-0.25, -0.2) is 4.98 Å². The third-order valence-electron chi connectivity index (χ3n) is 9.50. The lowest BCUT2D eigenvalue weighted by molar-refractivity contribution is 1.03. The van der Waals surface area contributed by atoms with Crippen molar-refractivity contribution in [1.29, 1.82) is 0 Å². The van der Waals surface area contributed by atoms with Gasteiger partial charge in [-0.1, -0.05) is 151 Å². The van der Waals surface area contributed by atoms with Crippen molar-refractivity contribution in [2.24, 2.45) is 0 Å². The van der Waals surface area contributed by atoms with Crippen LogP contribution in [0.4, 0.5) is 17.3 Å². The van der Waals surface area contributed by atoms with Gasteiger partial charge in [-0.15, -0.1) is 11.3 Å². The first kappa shape index (κ1) is 28.7. The van der Waals surface area contributed by atoms with Crippen LogP contribution in [0.25, 0.3) is 49.5 Å². The van der Waals surface area contributed by atoms with E-state index < -0.39 is 0 Å². The van der Waals surface area contributed by atoms with Crippen molar-refractivity contribution < 1.29 is 0 Å². The van der Waals surface area contributed by atoms with E-state index in [1.165, 1.54) is 25.9 Å². The number of thiophene rings is 1. The lowest BCUT2D eigenvalue weighted by Gasteiger charge is -2.33. The van der Waals surface area contributed by atoms with Crippen molar-refractivity contribution in [2.75, 3.05) is 4.90 Å². The lowest BCUT2D eigenvalue weighted by atomic mass is 9.40. The molecule has 7 heteroatoms. The Balaban J connectivity index is 1.37. The molecule has 0 atom stereocenters. The predicted molar refractivity (Wildman–Crippen MR) is 209 cm³/mol. The molecule has 234 valence electrons. The molecule has 1 aliphatic rings. The van der Waals surface area contributed by atoms with Gasteiger partial charge >= 0.3 is 0 Å². The van der Waals surface area contributed by atoms with Crippen LogP contribution in [-0.4, -0.2) is 26.2 Å². The Morgan fingerprint density at radius 1 is 0.480 bits per heavy atom. The number of aromatic nitrogens is 4. The first-order valence-corrected chi connectivity index (χ1v) is 17.6. The van der Waals surface area contributed by atoms with Crippen LogP contribution in [0.3, 0.4) is 0 Å². The van der Waals surface area contributed by atoms with Crippen LogP contribution in [0.5, 0.6) is 0 Å². The van der Waals surface area contributed by atoms with Crippen molar-refractivity contribution in [3.05, 3.63) is 170 Å². The summed E-state index contributed by atoms with van der Waals surface area (Å²) in [6, 6.07) is 59.5. The van der Waals surface area contributed by atoms with Crippen LogP contribution in [0.1, 0.15) is 0 Å². The highest BCUT2D eigenvalue weighted by atomic mass is 32.1. The van der Waals surface area contributed by atoms with E-state index in [0.29, 0.717) is 17.6 Å². The van der Waals surface area contributed by atoms with Gasteiger partial charge < -0.3 is 4.57 Å². The minimum Gasteiger partial charge on any atom is -0.319 e. The van der Waals surface area contributed by atoms with E-state index in [1.54, 1.807) is 0 Å². The summed E-state index contributed by atoms with van der Waals surface area (Å²) >= 11 is 1.85. The van der Waals surface area contributed by atoms with Gasteiger partial charge in [0, 0.05) is 42.7 Å². The molecule has 0 saturated carbocycles. The Kier molecular flexibility index (Phi) is 6.70. The van der Waals surface area contributed by atoms with Crippen LogP contribution < -0.4 is 20.7 Å². The number of anilines is 3. The molecule has 0 amide bonds. The molecule has 50 heavy (non-hydrogen) atoms. The van der Waals surface area contributed by atoms with Gasteiger partial charge in [-0.3, -0.25) is 4.90 Å². The molecule has 10 rings (SSSR count). The summed E-state index contributed by atoms with van der Waals surface area (Å²) < 4.78 is 4.93. The largest absolute Gasteiger partial charge is 0.319 e. The predicted octanol–water partition coefficient (Wildman–Crippen LogP) is 8.66. The van der Waals surface area contributed by atoms with Crippen molar-refractivity contribution >= 4 is 72.2 Å². The zero-order valence-corrected chi connectivity index (χ0v) is 27.7. The van der Waals surface area contributed by atoms with Gasteiger partial charge in [0.2, 0.25) is 5.95 Å². The fourth-order valence-electron chi connectivity index (χ4n) is 7.36.